The molecule has 0 unspecified atom stereocenters. The Labute approximate surface area is 760 Å². The number of hydrogen-bond acceptors (Lipinski definition) is 15. The summed E-state index contributed by atoms with van der Waals surface area (Å²) in [5.74, 6) is 0. The summed E-state index contributed by atoms with van der Waals surface area (Å²) in [7, 11) is -10.9. The van der Waals surface area contributed by atoms with Gasteiger partial charge in [0.05, 0.1) is 27.4 Å². The molecule has 6 heterocycles. The van der Waals surface area contributed by atoms with Gasteiger partial charge in [-0.25, -0.2) is 0 Å². The van der Waals surface area contributed by atoms with Crippen LogP contribution < -0.4 is 61.8 Å². The monoisotopic (exact) mass is 1870 g/mol. The van der Waals surface area contributed by atoms with Crippen molar-refractivity contribution in [1.29, 1.82) is 0 Å². The van der Waals surface area contributed by atoms with Crippen molar-refractivity contribution in [3.8, 4) is 33.4 Å². The average molecular weight is 1880 g/mol. The van der Waals surface area contributed by atoms with Gasteiger partial charge in [0.1, 0.15) is 0 Å². The summed E-state index contributed by atoms with van der Waals surface area (Å²) in [6.07, 6.45) is 9.65. The van der Waals surface area contributed by atoms with E-state index < -0.39 is 38.9 Å². The van der Waals surface area contributed by atoms with Gasteiger partial charge < -0.3 is 65.6 Å². The van der Waals surface area contributed by atoms with Crippen LogP contribution in [0.3, 0.4) is 0 Å². The molecule has 0 aliphatic heterocycles. The smallest absolute Gasteiger partial charge is 2.00 e. The number of nitrogens with zero attached hydrogens (tertiary/aromatic N) is 6. The normalized spacial score (nSPS) is 10.7. The predicted molar refractivity (Wildman–Crippen MR) is 446 cm³/mol. The summed E-state index contributed by atoms with van der Waals surface area (Å²) in [6, 6.07) is 111. The van der Waals surface area contributed by atoms with Crippen molar-refractivity contribution >= 4 is 77.1 Å². The number of benzene rings is 10. The van der Waals surface area contributed by atoms with E-state index in [9.17, 15) is 28.4 Å². The van der Waals surface area contributed by atoms with Crippen LogP contribution in [0.15, 0.2) is 419 Å². The Morgan fingerprint density at radius 1 is 0.238 bits per heavy atom. The van der Waals surface area contributed by atoms with E-state index in [1.165, 1.54) is 0 Å². The Morgan fingerprint density at radius 2 is 0.377 bits per heavy atom. The quantitative estimate of drug-likeness (QED) is 0.0437. The fourth-order valence-electron chi connectivity index (χ4n) is 13.1. The first-order valence-corrected chi connectivity index (χ1v) is 41.8. The van der Waals surface area contributed by atoms with Gasteiger partial charge in [0.2, 0.25) is 0 Å². The van der Waals surface area contributed by atoms with Crippen LogP contribution in [0.2, 0.25) is 0 Å². The molecule has 6 aromatic heterocycles. The van der Waals surface area contributed by atoms with Gasteiger partial charge in [0.25, 0.3) is 0 Å². The third kappa shape index (κ3) is 24.1. The average Bonchev–Trinajstić information content (AvgIpc) is 0.735. The minimum absolute atomic E-state index is 0. The molecule has 0 saturated carbocycles. The Bertz CT molecular complexity index is 5080. The zero-order valence-electron chi connectivity index (χ0n) is 64.1. The third-order valence-corrected chi connectivity index (χ3v) is 24.4. The van der Waals surface area contributed by atoms with Gasteiger partial charge in [0, 0.05) is 154 Å². The summed E-state index contributed by atoms with van der Waals surface area (Å²) in [4.78, 5) is 63.9. The molecule has 0 fully saturated rings. The van der Waals surface area contributed by atoms with E-state index >= 15 is 15.3 Å². The molecule has 19 nitrogen and oxygen atoms in total. The number of rotatable bonds is 18. The van der Waals surface area contributed by atoms with Crippen molar-refractivity contribution < 1.29 is 134 Å². The summed E-state index contributed by atoms with van der Waals surface area (Å²) >= 11 is 9.53. The Kier molecular flexibility index (Phi) is 42.2. The van der Waals surface area contributed by atoms with Crippen LogP contribution in [-0.4, -0.2) is 35.2 Å². The van der Waals surface area contributed by atoms with E-state index in [0.717, 1.165) is 0 Å². The second-order valence-corrected chi connectivity index (χ2v) is 32.8. The minimum Gasteiger partial charge on any atom is -2.00 e. The van der Waals surface area contributed by atoms with Gasteiger partial charge in [-0.15, -0.1) is 23.2 Å². The summed E-state index contributed by atoms with van der Waals surface area (Å²) in [5, 5.41) is 50.3. The van der Waals surface area contributed by atoms with Crippen molar-refractivity contribution in [2.45, 2.75) is 16.8 Å². The Morgan fingerprint density at radius 3 is 0.525 bits per heavy atom. The molecule has 10 aromatic carbocycles. The van der Waals surface area contributed by atoms with Gasteiger partial charge >= 0.3 is 34.1 Å². The van der Waals surface area contributed by atoms with Gasteiger partial charge in [-0.05, 0) is 141 Å². The molecular weight excluding hydrogens is 1800 g/mol. The largest absolute Gasteiger partial charge is 3.00 e. The van der Waals surface area contributed by atoms with E-state index in [1.54, 1.807) is 328 Å². The summed E-state index contributed by atoms with van der Waals surface area (Å²) in [6.45, 7) is 0. The number of halogens is 2. The van der Waals surface area contributed by atoms with Crippen molar-refractivity contribution in [3.05, 3.63) is 470 Å². The Hall–Kier alpha value is -9.95. The summed E-state index contributed by atoms with van der Waals surface area (Å²) < 4.78 is 36.2. The molecule has 16 rings (SSSR count). The third-order valence-electron chi connectivity index (χ3n) is 18.5. The zero-order valence-corrected chi connectivity index (χ0v) is 73.1. The molecule has 0 bridgehead atoms. The van der Waals surface area contributed by atoms with Crippen molar-refractivity contribution in [2.24, 2.45) is 0 Å². The van der Waals surface area contributed by atoms with Gasteiger partial charge in [-0.2, -0.15) is 0 Å². The molecule has 0 amide bonds. The molecule has 0 atom stereocenters. The van der Waals surface area contributed by atoms with E-state index in [0.29, 0.717) is 81.9 Å². The fourth-order valence-corrected chi connectivity index (χ4v) is 17.3. The van der Waals surface area contributed by atoms with Crippen LogP contribution in [0.1, 0.15) is 50.9 Å². The molecule has 0 aliphatic carbocycles. The van der Waals surface area contributed by atoms with E-state index in [-0.39, 0.29) is 130 Å². The maximum Gasteiger partial charge on any atom is 3.00 e. The van der Waals surface area contributed by atoms with Crippen molar-refractivity contribution in [3.63, 3.8) is 0 Å². The molecule has 620 valence electrons. The van der Waals surface area contributed by atoms with Gasteiger partial charge in [-0.3, -0.25) is 29.9 Å². The van der Waals surface area contributed by atoms with Gasteiger partial charge in [-0.1, -0.05) is 291 Å². The van der Waals surface area contributed by atoms with Crippen LogP contribution >= 0.6 is 45.3 Å². The maximum atomic E-state index is 16.0. The maximum absolute atomic E-state index is 16.0. The van der Waals surface area contributed by atoms with Crippen LogP contribution in [0.25, 0.3) is 33.4 Å². The topological polar surface area (TPSA) is 381 Å². The first-order chi connectivity index (χ1) is 55.4. The second-order valence-electron chi connectivity index (χ2n) is 25.5. The standard InChI is InChI=1S/C57H39N6O3.3C12H11O2P.CH2Cl2.4Mn.4O/c64-55(49-25-7-13-31-58-49,50-26-8-14-32-59-50)46-22-4-1-19-43(46)40-37-41(44-20-2-5-23-47(44)56(65,51-27-9-15-33-60-51)52-28-10-16-34-61-52)39-42(38-40)45-21-3-6-24-48(45)57(66,53-29-11-17-35-62-53)54-30-12-18-36-63-54;3*13-15(14,11-7-3-1-4-8-11)12-9-5-2-6-10-12;2-1-3;;;;;;;;/h1-39H;3*1-10H,(H,13,14);1H2;;;;;;;;/q-3;;;;;;;2*+3;4*-2/p-3. The van der Waals surface area contributed by atoms with E-state index in [2.05, 4.69) is 29.9 Å². The van der Waals surface area contributed by atoms with Crippen molar-refractivity contribution in [1.82, 2.24) is 29.9 Å². The fraction of sp³-hybridized carbons (Fsp3) is 0.0426. The SMILES string of the molecule is ClCCl.O=P([O-])(c1ccccc1)c1ccccc1.O=P([O-])(c1ccccc1)c1ccccc1.O=P([O-])(c1ccccc1)c1ccccc1.[Mn+3].[Mn+3].[Mn].[Mn].[O-2].[O-2].[O-2].[O-2].[O-]C(c1ccccn1)(c1ccccn1)c1ccccc1-c1cc(-c2ccccc2C([O-])(c2ccccn2)c2ccccn2)cc(-c2ccccc2C([O-])(c2ccccn2)c2ccccn2)c1. The first kappa shape index (κ1) is 104. The van der Waals surface area contributed by atoms with Gasteiger partial charge in [0.15, 0.2) is 0 Å². The molecule has 16 aromatic rings. The number of aromatic nitrogens is 6. The minimum atomic E-state index is -3.65. The van der Waals surface area contributed by atoms with Crippen LogP contribution in [0.4, 0.5) is 0 Å². The molecule has 0 spiro atoms. The Balaban J connectivity index is 0.000000451. The van der Waals surface area contributed by atoms with E-state index in [1.807, 2.05) is 91.0 Å². The predicted octanol–water partition coefficient (Wildman–Crippen LogP) is 12.8. The zero-order chi connectivity index (χ0) is 79.9. The summed E-state index contributed by atoms with van der Waals surface area (Å²) in [5.41, 5.74) is 0.425. The molecule has 0 saturated heterocycles. The second kappa shape index (κ2) is 49.4. The van der Waals surface area contributed by atoms with Crippen LogP contribution in [-0.2, 0) is 121 Å². The van der Waals surface area contributed by atoms with Crippen molar-refractivity contribution in [2.75, 3.05) is 5.34 Å². The molecule has 0 aliphatic rings. The van der Waals surface area contributed by atoms with E-state index in [4.69, 9.17) is 23.2 Å². The molecule has 122 heavy (non-hydrogen) atoms. The molecule has 2 radical (unpaired) electrons. The number of alkyl halides is 2. The molecule has 0 N–H and O–H groups in total. The number of hydrogen-bond donors (Lipinski definition) is 0. The van der Waals surface area contributed by atoms with Crippen LogP contribution in [0.5, 0.6) is 0 Å². The number of pyridine rings is 6. The molecular formula is C94H71Cl2Mn4N6O13P3-8. The molecule has 28 heteroatoms. The van der Waals surface area contributed by atoms with Crippen LogP contribution in [0, 0.1) is 0 Å². The first-order valence-electron chi connectivity index (χ1n) is 35.9.